The highest BCUT2D eigenvalue weighted by Crippen LogP contribution is 2.38. The van der Waals surface area contributed by atoms with Gasteiger partial charge in [0.05, 0.1) is 10.9 Å². The minimum atomic E-state index is -3.79. The van der Waals surface area contributed by atoms with Crippen LogP contribution in [0.25, 0.3) is 0 Å². The number of carbonyl (C=O) groups excluding carboxylic acids is 2. The van der Waals surface area contributed by atoms with E-state index >= 15 is 0 Å². The summed E-state index contributed by atoms with van der Waals surface area (Å²) in [5, 5.41) is 14.2. The maximum Gasteiger partial charge on any atom is 0.286 e. The Labute approximate surface area is 195 Å². The standard InChI is InChI=1S/C22H23N5O4S2/c1-14-5-7-17(8-6-14)24-20(29)22-26-25-21(32-22)19-4-3-13-27(19)33(30,31)18-11-9-16(10-12-18)23-15(2)28/h5-12,19H,3-4,13H2,1-2H3,(H,23,28)(H,24,29)/t19-/m1/s1. The summed E-state index contributed by atoms with van der Waals surface area (Å²) in [6.45, 7) is 3.70. The molecule has 0 radical (unpaired) electrons. The molecule has 33 heavy (non-hydrogen) atoms. The lowest BCUT2D eigenvalue weighted by atomic mass is 10.2. The zero-order valence-electron chi connectivity index (χ0n) is 18.1. The van der Waals surface area contributed by atoms with E-state index in [0.717, 1.165) is 16.9 Å². The van der Waals surface area contributed by atoms with Crippen LogP contribution in [0.3, 0.4) is 0 Å². The van der Waals surface area contributed by atoms with Crippen LogP contribution >= 0.6 is 11.3 Å². The summed E-state index contributed by atoms with van der Waals surface area (Å²) in [7, 11) is -3.79. The average molecular weight is 486 g/mol. The highest BCUT2D eigenvalue weighted by Gasteiger charge is 2.38. The van der Waals surface area contributed by atoms with Gasteiger partial charge in [0.1, 0.15) is 5.01 Å². The first kappa shape index (κ1) is 23.0. The summed E-state index contributed by atoms with van der Waals surface area (Å²) in [5.74, 6) is -0.618. The van der Waals surface area contributed by atoms with Crippen LogP contribution < -0.4 is 10.6 Å². The quantitative estimate of drug-likeness (QED) is 0.550. The Bertz CT molecular complexity index is 1270. The Balaban J connectivity index is 1.51. The van der Waals surface area contributed by atoms with Crippen molar-refractivity contribution in [2.24, 2.45) is 0 Å². The van der Waals surface area contributed by atoms with E-state index in [0.29, 0.717) is 35.8 Å². The van der Waals surface area contributed by atoms with Gasteiger partial charge in [-0.25, -0.2) is 8.42 Å². The van der Waals surface area contributed by atoms with Crippen molar-refractivity contribution < 1.29 is 18.0 Å². The van der Waals surface area contributed by atoms with Gasteiger partial charge in [0.25, 0.3) is 5.91 Å². The first-order valence-electron chi connectivity index (χ1n) is 10.3. The third-order valence-corrected chi connectivity index (χ3v) is 8.16. The first-order valence-corrected chi connectivity index (χ1v) is 12.6. The van der Waals surface area contributed by atoms with Gasteiger partial charge in [-0.1, -0.05) is 29.0 Å². The van der Waals surface area contributed by atoms with Crippen LogP contribution in [0.15, 0.2) is 53.4 Å². The highest BCUT2D eigenvalue weighted by molar-refractivity contribution is 7.89. The number of nitrogens with zero attached hydrogens (tertiary/aromatic N) is 3. The lowest BCUT2D eigenvalue weighted by Gasteiger charge is -2.22. The van der Waals surface area contributed by atoms with E-state index in [1.54, 1.807) is 24.3 Å². The average Bonchev–Trinajstić information content (AvgIpc) is 3.45. The number of nitrogens with one attached hydrogen (secondary N) is 2. The molecule has 2 N–H and O–H groups in total. The number of anilines is 2. The molecule has 1 aliphatic heterocycles. The van der Waals surface area contributed by atoms with Gasteiger partial charge in [-0.3, -0.25) is 9.59 Å². The Morgan fingerprint density at radius 1 is 1.00 bits per heavy atom. The molecule has 0 spiro atoms. The number of hydrogen-bond acceptors (Lipinski definition) is 7. The Kier molecular flexibility index (Phi) is 6.54. The molecule has 0 saturated carbocycles. The van der Waals surface area contributed by atoms with Gasteiger partial charge in [-0.15, -0.1) is 10.2 Å². The van der Waals surface area contributed by atoms with Crippen LogP contribution in [-0.4, -0.2) is 41.3 Å². The molecule has 11 heteroatoms. The lowest BCUT2D eigenvalue weighted by molar-refractivity contribution is -0.114. The van der Waals surface area contributed by atoms with Crippen molar-refractivity contribution in [3.63, 3.8) is 0 Å². The molecule has 3 aromatic rings. The van der Waals surface area contributed by atoms with E-state index < -0.39 is 16.1 Å². The van der Waals surface area contributed by atoms with Crippen molar-refractivity contribution in [3.8, 4) is 0 Å². The zero-order valence-corrected chi connectivity index (χ0v) is 19.7. The SMILES string of the molecule is CC(=O)Nc1ccc(S(=O)(=O)N2CCC[C@@H]2c2nnc(C(=O)Nc3ccc(C)cc3)s2)cc1. The van der Waals surface area contributed by atoms with Crippen molar-refractivity contribution in [3.05, 3.63) is 64.1 Å². The second-order valence-electron chi connectivity index (χ2n) is 7.74. The second-order valence-corrected chi connectivity index (χ2v) is 10.6. The Morgan fingerprint density at radius 3 is 2.30 bits per heavy atom. The molecule has 0 aliphatic carbocycles. The monoisotopic (exact) mass is 485 g/mol. The third-order valence-electron chi connectivity index (χ3n) is 5.21. The zero-order chi connectivity index (χ0) is 23.6. The molecule has 2 amide bonds. The van der Waals surface area contributed by atoms with Gasteiger partial charge >= 0.3 is 0 Å². The van der Waals surface area contributed by atoms with Crippen molar-refractivity contribution >= 4 is 44.5 Å². The molecule has 1 aliphatic rings. The van der Waals surface area contributed by atoms with Crippen LogP contribution in [0.4, 0.5) is 11.4 Å². The maximum atomic E-state index is 13.3. The van der Waals surface area contributed by atoms with Crippen molar-refractivity contribution in [2.75, 3.05) is 17.2 Å². The number of benzene rings is 2. The van der Waals surface area contributed by atoms with Crippen molar-refractivity contribution in [1.29, 1.82) is 0 Å². The number of hydrogen-bond donors (Lipinski definition) is 2. The Hall–Kier alpha value is -3.15. The Morgan fingerprint density at radius 2 is 1.64 bits per heavy atom. The van der Waals surface area contributed by atoms with Crippen LogP contribution in [0.1, 0.15) is 46.2 Å². The van der Waals surface area contributed by atoms with Crippen LogP contribution in [0.2, 0.25) is 0 Å². The summed E-state index contributed by atoms with van der Waals surface area (Å²) < 4.78 is 28.0. The molecular formula is C22H23N5O4S2. The van der Waals surface area contributed by atoms with Crippen LogP contribution in [0, 0.1) is 6.92 Å². The summed E-state index contributed by atoms with van der Waals surface area (Å²) in [5.41, 5.74) is 2.25. The molecule has 9 nitrogen and oxygen atoms in total. The number of aromatic nitrogens is 2. The van der Waals surface area contributed by atoms with Crippen LogP contribution in [-0.2, 0) is 14.8 Å². The van der Waals surface area contributed by atoms with E-state index in [4.69, 9.17) is 0 Å². The minimum Gasteiger partial charge on any atom is -0.326 e. The lowest BCUT2D eigenvalue weighted by Crippen LogP contribution is -2.30. The topological polar surface area (TPSA) is 121 Å². The fourth-order valence-electron chi connectivity index (χ4n) is 3.61. The number of carbonyl (C=O) groups is 2. The maximum absolute atomic E-state index is 13.3. The molecule has 2 aromatic carbocycles. The molecule has 1 atom stereocenters. The highest BCUT2D eigenvalue weighted by atomic mass is 32.2. The molecule has 172 valence electrons. The number of amides is 2. The van der Waals surface area contributed by atoms with Crippen LogP contribution in [0.5, 0.6) is 0 Å². The summed E-state index contributed by atoms with van der Waals surface area (Å²) in [4.78, 5) is 23.9. The molecule has 1 saturated heterocycles. The predicted octanol–water partition coefficient (Wildman–Crippen LogP) is 3.58. The smallest absolute Gasteiger partial charge is 0.286 e. The van der Waals surface area contributed by atoms with Gasteiger partial charge in [0.15, 0.2) is 0 Å². The third kappa shape index (κ3) is 5.10. The van der Waals surface area contributed by atoms with E-state index in [9.17, 15) is 18.0 Å². The fourth-order valence-corrected chi connectivity index (χ4v) is 6.22. The second kappa shape index (κ2) is 9.38. The molecular weight excluding hydrogens is 462 g/mol. The van der Waals surface area contributed by atoms with E-state index in [1.165, 1.54) is 23.4 Å². The largest absolute Gasteiger partial charge is 0.326 e. The van der Waals surface area contributed by atoms with Gasteiger partial charge in [0.2, 0.25) is 20.9 Å². The molecule has 1 fully saturated rings. The van der Waals surface area contributed by atoms with Gasteiger partial charge < -0.3 is 10.6 Å². The first-order chi connectivity index (χ1) is 15.7. The summed E-state index contributed by atoms with van der Waals surface area (Å²) in [6.07, 6.45) is 1.27. The van der Waals surface area contributed by atoms with Gasteiger partial charge in [-0.2, -0.15) is 4.31 Å². The normalized spacial score (nSPS) is 16.5. The van der Waals surface area contributed by atoms with Gasteiger partial charge in [0, 0.05) is 24.8 Å². The van der Waals surface area contributed by atoms with E-state index in [-0.39, 0.29) is 21.7 Å². The molecule has 0 unspecified atom stereocenters. The fraction of sp³-hybridized carbons (Fsp3) is 0.273. The molecule has 2 heterocycles. The van der Waals surface area contributed by atoms with E-state index in [1.807, 2.05) is 19.1 Å². The summed E-state index contributed by atoms with van der Waals surface area (Å²) >= 11 is 1.10. The molecule has 4 rings (SSSR count). The number of aryl methyl sites for hydroxylation is 1. The number of sulfonamides is 1. The van der Waals surface area contributed by atoms with Crippen molar-refractivity contribution in [1.82, 2.24) is 14.5 Å². The number of rotatable bonds is 6. The van der Waals surface area contributed by atoms with Gasteiger partial charge in [-0.05, 0) is 56.2 Å². The minimum absolute atomic E-state index is 0.130. The van der Waals surface area contributed by atoms with Crippen molar-refractivity contribution in [2.45, 2.75) is 37.6 Å². The molecule has 0 bridgehead atoms. The van der Waals surface area contributed by atoms with E-state index in [2.05, 4.69) is 20.8 Å². The predicted molar refractivity (Wildman–Crippen MR) is 126 cm³/mol. The summed E-state index contributed by atoms with van der Waals surface area (Å²) in [6, 6.07) is 13.0. The molecule has 1 aromatic heterocycles.